The molecule has 19 heavy (non-hydrogen) atoms. The summed E-state index contributed by atoms with van der Waals surface area (Å²) in [5.41, 5.74) is 5.20. The molecule has 1 aliphatic rings. The van der Waals surface area contributed by atoms with E-state index >= 15 is 0 Å². The first-order chi connectivity index (χ1) is 8.93. The zero-order valence-corrected chi connectivity index (χ0v) is 10.5. The molecule has 0 bridgehead atoms. The van der Waals surface area contributed by atoms with Gasteiger partial charge in [0.15, 0.2) is 6.10 Å². The Bertz CT molecular complexity index is 304. The van der Waals surface area contributed by atoms with Crippen molar-refractivity contribution in [1.82, 2.24) is 5.32 Å². The maximum absolute atomic E-state index is 11.4. The van der Waals surface area contributed by atoms with Gasteiger partial charge in [-0.1, -0.05) is 0 Å². The largest absolute Gasteiger partial charge is 0.440 e. The Morgan fingerprint density at radius 2 is 1.63 bits per heavy atom. The number of aliphatic hydroxyl groups is 4. The van der Waals surface area contributed by atoms with Gasteiger partial charge in [0.2, 0.25) is 0 Å². The fourth-order valence-corrected chi connectivity index (χ4v) is 1.93. The SMILES string of the molecule is CO[C@@H]1C(O)C(O)C(O)C(O)C1OC(=O)NCCN. The zero-order chi connectivity index (χ0) is 14.6. The number of nitrogens with one attached hydrogen (secondary N) is 1. The lowest BCUT2D eigenvalue weighted by Gasteiger charge is -2.42. The van der Waals surface area contributed by atoms with Crippen molar-refractivity contribution in [3.05, 3.63) is 0 Å². The molecule has 9 nitrogen and oxygen atoms in total. The van der Waals surface area contributed by atoms with Crippen molar-refractivity contribution in [1.29, 1.82) is 0 Å². The monoisotopic (exact) mass is 280 g/mol. The Hall–Kier alpha value is -0.970. The van der Waals surface area contributed by atoms with Gasteiger partial charge < -0.3 is 41.0 Å². The van der Waals surface area contributed by atoms with Crippen molar-refractivity contribution >= 4 is 6.09 Å². The molecule has 0 radical (unpaired) electrons. The van der Waals surface area contributed by atoms with E-state index < -0.39 is 42.7 Å². The van der Waals surface area contributed by atoms with Crippen LogP contribution in [0.15, 0.2) is 0 Å². The molecule has 1 saturated carbocycles. The molecular formula is C10H20N2O7. The minimum Gasteiger partial charge on any atom is -0.440 e. The number of hydrogen-bond acceptors (Lipinski definition) is 8. The van der Waals surface area contributed by atoms with Crippen LogP contribution in [0.2, 0.25) is 0 Å². The number of methoxy groups -OCH3 is 1. The van der Waals surface area contributed by atoms with E-state index in [0.29, 0.717) is 0 Å². The molecule has 1 aliphatic carbocycles. The third kappa shape index (κ3) is 3.53. The van der Waals surface area contributed by atoms with Crippen molar-refractivity contribution < 1.29 is 34.7 Å². The second-order valence-corrected chi connectivity index (χ2v) is 4.25. The molecule has 5 unspecified atom stereocenters. The van der Waals surface area contributed by atoms with Crippen molar-refractivity contribution in [2.24, 2.45) is 5.73 Å². The molecule has 0 spiro atoms. The van der Waals surface area contributed by atoms with Gasteiger partial charge in [-0.25, -0.2) is 4.79 Å². The number of hydrogen-bond donors (Lipinski definition) is 6. The summed E-state index contributed by atoms with van der Waals surface area (Å²) in [7, 11) is 1.22. The van der Waals surface area contributed by atoms with Crippen molar-refractivity contribution in [2.75, 3.05) is 20.2 Å². The van der Waals surface area contributed by atoms with E-state index in [-0.39, 0.29) is 13.1 Å². The molecule has 1 fully saturated rings. The first kappa shape index (κ1) is 16.1. The smallest absolute Gasteiger partial charge is 0.407 e. The summed E-state index contributed by atoms with van der Waals surface area (Å²) in [5.74, 6) is 0. The lowest BCUT2D eigenvalue weighted by atomic mass is 9.84. The van der Waals surface area contributed by atoms with E-state index in [1.807, 2.05) is 0 Å². The van der Waals surface area contributed by atoms with Crippen molar-refractivity contribution in [3.8, 4) is 0 Å². The average molecular weight is 280 g/mol. The summed E-state index contributed by atoms with van der Waals surface area (Å²) >= 11 is 0. The highest BCUT2D eigenvalue weighted by molar-refractivity contribution is 5.67. The van der Waals surface area contributed by atoms with E-state index in [9.17, 15) is 25.2 Å². The molecule has 0 aromatic rings. The van der Waals surface area contributed by atoms with Crippen LogP contribution >= 0.6 is 0 Å². The highest BCUT2D eigenvalue weighted by Gasteiger charge is 2.51. The third-order valence-electron chi connectivity index (χ3n) is 2.98. The molecule has 0 heterocycles. The normalized spacial score (nSPS) is 38.8. The van der Waals surface area contributed by atoms with Crippen LogP contribution in [-0.4, -0.2) is 83.3 Å². The number of carbonyl (C=O) groups excluding carboxylic acids is 1. The molecule has 0 aromatic carbocycles. The summed E-state index contributed by atoms with van der Waals surface area (Å²) in [6, 6.07) is 0. The highest BCUT2D eigenvalue weighted by atomic mass is 16.6. The van der Waals surface area contributed by atoms with Crippen LogP contribution in [0.5, 0.6) is 0 Å². The number of carbonyl (C=O) groups is 1. The van der Waals surface area contributed by atoms with Crippen molar-refractivity contribution in [2.45, 2.75) is 36.6 Å². The third-order valence-corrected chi connectivity index (χ3v) is 2.98. The zero-order valence-electron chi connectivity index (χ0n) is 10.5. The van der Waals surface area contributed by atoms with Crippen LogP contribution in [0.25, 0.3) is 0 Å². The standard InChI is InChI=1S/C10H20N2O7/c1-18-8-6(15)4(13)5(14)7(16)9(8)19-10(17)12-3-2-11/h4-9,13-16H,2-3,11H2,1H3,(H,12,17)/t4?,5?,6?,7?,8-,9?/m1/s1. The van der Waals surface area contributed by atoms with Gasteiger partial charge in [-0.2, -0.15) is 0 Å². The summed E-state index contributed by atoms with van der Waals surface area (Å²) in [6.45, 7) is 0.382. The second kappa shape index (κ2) is 6.98. The van der Waals surface area contributed by atoms with Crippen LogP contribution in [0.3, 0.4) is 0 Å². The van der Waals surface area contributed by atoms with Gasteiger partial charge in [-0.15, -0.1) is 0 Å². The number of alkyl carbamates (subject to hydrolysis) is 1. The molecule has 9 heteroatoms. The lowest BCUT2D eigenvalue weighted by molar-refractivity contribution is -0.229. The molecule has 0 saturated heterocycles. The Kier molecular flexibility index (Phi) is 5.91. The van der Waals surface area contributed by atoms with Crippen LogP contribution < -0.4 is 11.1 Å². The summed E-state index contributed by atoms with van der Waals surface area (Å²) in [5, 5.41) is 40.8. The van der Waals surface area contributed by atoms with E-state index in [4.69, 9.17) is 15.2 Å². The second-order valence-electron chi connectivity index (χ2n) is 4.25. The summed E-state index contributed by atoms with van der Waals surface area (Å²) in [6.07, 6.45) is -9.64. The fourth-order valence-electron chi connectivity index (χ4n) is 1.93. The predicted octanol–water partition coefficient (Wildman–Crippen LogP) is -3.49. The van der Waals surface area contributed by atoms with E-state index in [1.54, 1.807) is 0 Å². The summed E-state index contributed by atoms with van der Waals surface area (Å²) < 4.78 is 9.79. The van der Waals surface area contributed by atoms with Crippen molar-refractivity contribution in [3.63, 3.8) is 0 Å². The Labute approximate surface area is 109 Å². The van der Waals surface area contributed by atoms with E-state index in [0.717, 1.165) is 0 Å². The van der Waals surface area contributed by atoms with Crippen LogP contribution in [0, 0.1) is 0 Å². The Balaban J connectivity index is 2.74. The van der Waals surface area contributed by atoms with E-state index in [2.05, 4.69) is 5.32 Å². The van der Waals surface area contributed by atoms with Gasteiger partial charge in [0, 0.05) is 20.2 Å². The lowest BCUT2D eigenvalue weighted by Crippen LogP contribution is -2.65. The number of amides is 1. The van der Waals surface area contributed by atoms with Gasteiger partial charge in [0.1, 0.15) is 30.5 Å². The molecule has 0 aromatic heterocycles. The van der Waals surface area contributed by atoms with Gasteiger partial charge in [0.25, 0.3) is 0 Å². The number of nitrogens with two attached hydrogens (primary N) is 1. The molecule has 7 N–H and O–H groups in total. The Morgan fingerprint density at radius 3 is 2.11 bits per heavy atom. The van der Waals surface area contributed by atoms with Gasteiger partial charge >= 0.3 is 6.09 Å². The van der Waals surface area contributed by atoms with Gasteiger partial charge in [-0.05, 0) is 0 Å². The average Bonchev–Trinajstić information content (AvgIpc) is 2.40. The first-order valence-corrected chi connectivity index (χ1v) is 5.83. The van der Waals surface area contributed by atoms with Crippen LogP contribution in [0.1, 0.15) is 0 Å². The van der Waals surface area contributed by atoms with Gasteiger partial charge in [-0.3, -0.25) is 0 Å². The van der Waals surface area contributed by atoms with Crippen LogP contribution in [-0.2, 0) is 9.47 Å². The fraction of sp³-hybridized carbons (Fsp3) is 0.900. The maximum Gasteiger partial charge on any atom is 0.407 e. The minimum absolute atomic E-state index is 0.174. The molecule has 6 atom stereocenters. The predicted molar refractivity (Wildman–Crippen MR) is 62.2 cm³/mol. The minimum atomic E-state index is -1.64. The summed E-state index contributed by atoms with van der Waals surface area (Å²) in [4.78, 5) is 11.4. The Morgan fingerprint density at radius 1 is 1.11 bits per heavy atom. The van der Waals surface area contributed by atoms with E-state index in [1.165, 1.54) is 7.11 Å². The quantitative estimate of drug-likeness (QED) is 0.310. The highest BCUT2D eigenvalue weighted by Crippen LogP contribution is 2.25. The number of rotatable bonds is 4. The number of aliphatic hydroxyl groups excluding tert-OH is 4. The van der Waals surface area contributed by atoms with Crippen LogP contribution in [0.4, 0.5) is 4.79 Å². The molecule has 1 rings (SSSR count). The molecule has 112 valence electrons. The maximum atomic E-state index is 11.4. The molecule has 0 aliphatic heterocycles. The first-order valence-electron chi connectivity index (χ1n) is 5.83. The van der Waals surface area contributed by atoms with Gasteiger partial charge in [0.05, 0.1) is 0 Å². The molecular weight excluding hydrogens is 260 g/mol. The topological polar surface area (TPSA) is 155 Å². The molecule has 1 amide bonds. The number of ether oxygens (including phenoxy) is 2.